The molecule has 92 valence electrons. The summed E-state index contributed by atoms with van der Waals surface area (Å²) < 4.78 is 7.10. The standard InChI is InChI=1S/C12H12N4OS/c1-8-6-9(2)16(14-8)7-11-13-12(15-17-11)10-4-3-5-18-10/h3-6H,7H2,1-2H3. The first kappa shape index (κ1) is 11.2. The molecule has 5 nitrogen and oxygen atoms in total. The average molecular weight is 260 g/mol. The first-order chi connectivity index (χ1) is 8.72. The molecule has 3 aromatic rings. The normalized spacial score (nSPS) is 11.0. The summed E-state index contributed by atoms with van der Waals surface area (Å²) in [6.45, 7) is 4.49. The number of aryl methyl sites for hydroxylation is 2. The molecule has 0 bridgehead atoms. The van der Waals surface area contributed by atoms with Crippen LogP contribution in [0.3, 0.4) is 0 Å². The van der Waals surface area contributed by atoms with Crippen LogP contribution in [-0.4, -0.2) is 19.9 Å². The van der Waals surface area contributed by atoms with E-state index in [9.17, 15) is 0 Å². The van der Waals surface area contributed by atoms with Crippen molar-refractivity contribution in [3.8, 4) is 10.7 Å². The molecule has 0 amide bonds. The van der Waals surface area contributed by atoms with E-state index in [0.717, 1.165) is 16.3 Å². The fourth-order valence-electron chi connectivity index (χ4n) is 1.79. The largest absolute Gasteiger partial charge is 0.337 e. The van der Waals surface area contributed by atoms with Crippen molar-refractivity contribution in [3.63, 3.8) is 0 Å². The smallest absolute Gasteiger partial charge is 0.248 e. The molecule has 0 unspecified atom stereocenters. The predicted octanol–water partition coefficient (Wildman–Crippen LogP) is 2.66. The Hall–Kier alpha value is -1.95. The molecule has 0 N–H and O–H groups in total. The third-order valence-electron chi connectivity index (χ3n) is 2.60. The maximum Gasteiger partial charge on any atom is 0.248 e. The lowest BCUT2D eigenvalue weighted by atomic mass is 10.4. The van der Waals surface area contributed by atoms with E-state index in [4.69, 9.17) is 4.52 Å². The zero-order valence-corrected chi connectivity index (χ0v) is 10.9. The summed E-state index contributed by atoms with van der Waals surface area (Å²) in [5.41, 5.74) is 2.08. The van der Waals surface area contributed by atoms with Crippen LogP contribution >= 0.6 is 11.3 Å². The van der Waals surface area contributed by atoms with Gasteiger partial charge < -0.3 is 4.52 Å². The SMILES string of the molecule is Cc1cc(C)n(Cc2nc(-c3cccs3)no2)n1. The molecular formula is C12H12N4OS. The minimum atomic E-state index is 0.512. The first-order valence-electron chi connectivity index (χ1n) is 5.60. The van der Waals surface area contributed by atoms with Gasteiger partial charge in [0, 0.05) is 5.69 Å². The molecule has 0 radical (unpaired) electrons. The lowest BCUT2D eigenvalue weighted by Gasteiger charge is -1.98. The number of nitrogens with zero attached hydrogens (tertiary/aromatic N) is 4. The summed E-state index contributed by atoms with van der Waals surface area (Å²) in [5.74, 6) is 1.21. The number of aromatic nitrogens is 4. The summed E-state index contributed by atoms with van der Waals surface area (Å²) in [7, 11) is 0. The Bertz CT molecular complexity index is 653. The van der Waals surface area contributed by atoms with Gasteiger partial charge in [0.15, 0.2) is 0 Å². The topological polar surface area (TPSA) is 56.7 Å². The van der Waals surface area contributed by atoms with Crippen molar-refractivity contribution in [1.82, 2.24) is 19.9 Å². The van der Waals surface area contributed by atoms with Crippen molar-refractivity contribution in [1.29, 1.82) is 0 Å². The summed E-state index contributed by atoms with van der Waals surface area (Å²) in [6.07, 6.45) is 0. The number of hydrogen-bond acceptors (Lipinski definition) is 5. The molecule has 18 heavy (non-hydrogen) atoms. The molecule has 6 heteroatoms. The summed E-state index contributed by atoms with van der Waals surface area (Å²) >= 11 is 1.60. The van der Waals surface area contributed by atoms with Crippen molar-refractivity contribution >= 4 is 11.3 Å². The fourth-order valence-corrected chi connectivity index (χ4v) is 2.44. The summed E-state index contributed by atoms with van der Waals surface area (Å²) in [6, 6.07) is 5.97. The molecule has 3 aromatic heterocycles. The van der Waals surface area contributed by atoms with Gasteiger partial charge in [0.1, 0.15) is 6.54 Å². The Labute approximate surface area is 108 Å². The molecular weight excluding hydrogens is 248 g/mol. The Morgan fingerprint density at radius 2 is 2.28 bits per heavy atom. The highest BCUT2D eigenvalue weighted by molar-refractivity contribution is 7.13. The van der Waals surface area contributed by atoms with Gasteiger partial charge in [-0.3, -0.25) is 4.68 Å². The van der Waals surface area contributed by atoms with Crippen LogP contribution in [0.5, 0.6) is 0 Å². The molecule has 0 aliphatic heterocycles. The van der Waals surface area contributed by atoms with Gasteiger partial charge in [0.2, 0.25) is 11.7 Å². The molecule has 3 heterocycles. The second-order valence-corrected chi connectivity index (χ2v) is 5.02. The van der Waals surface area contributed by atoms with Crippen molar-refractivity contribution in [2.24, 2.45) is 0 Å². The van der Waals surface area contributed by atoms with Crippen LogP contribution in [0.4, 0.5) is 0 Å². The van der Waals surface area contributed by atoms with E-state index in [2.05, 4.69) is 15.2 Å². The molecule has 0 aliphatic rings. The quantitative estimate of drug-likeness (QED) is 0.726. The van der Waals surface area contributed by atoms with E-state index in [-0.39, 0.29) is 0 Å². The Morgan fingerprint density at radius 3 is 2.94 bits per heavy atom. The highest BCUT2D eigenvalue weighted by Gasteiger charge is 2.11. The van der Waals surface area contributed by atoms with Gasteiger partial charge in [-0.25, -0.2) is 0 Å². The van der Waals surface area contributed by atoms with Gasteiger partial charge in [0.25, 0.3) is 0 Å². The second-order valence-electron chi connectivity index (χ2n) is 4.07. The lowest BCUT2D eigenvalue weighted by Crippen LogP contribution is -2.04. The minimum Gasteiger partial charge on any atom is -0.337 e. The van der Waals surface area contributed by atoms with Gasteiger partial charge in [-0.15, -0.1) is 11.3 Å². The maximum atomic E-state index is 5.24. The zero-order chi connectivity index (χ0) is 12.5. The Morgan fingerprint density at radius 1 is 1.39 bits per heavy atom. The molecule has 0 saturated heterocycles. The van der Waals surface area contributed by atoms with Crippen molar-refractivity contribution < 1.29 is 4.52 Å². The van der Waals surface area contributed by atoms with Crippen molar-refractivity contribution in [2.75, 3.05) is 0 Å². The number of hydrogen-bond donors (Lipinski definition) is 0. The van der Waals surface area contributed by atoms with Gasteiger partial charge >= 0.3 is 0 Å². The summed E-state index contributed by atoms with van der Waals surface area (Å²) in [5, 5.41) is 10.3. The monoisotopic (exact) mass is 260 g/mol. The molecule has 0 saturated carbocycles. The molecule has 0 spiro atoms. The number of rotatable bonds is 3. The van der Waals surface area contributed by atoms with Gasteiger partial charge in [-0.05, 0) is 31.4 Å². The third-order valence-corrected chi connectivity index (χ3v) is 3.46. The van der Waals surface area contributed by atoms with Gasteiger partial charge in [0.05, 0.1) is 10.6 Å². The first-order valence-corrected chi connectivity index (χ1v) is 6.48. The van der Waals surface area contributed by atoms with E-state index in [1.54, 1.807) is 11.3 Å². The minimum absolute atomic E-state index is 0.512. The van der Waals surface area contributed by atoms with Crippen LogP contribution in [0.25, 0.3) is 10.7 Å². The fraction of sp³-hybridized carbons (Fsp3) is 0.250. The summed E-state index contributed by atoms with van der Waals surface area (Å²) in [4.78, 5) is 5.38. The van der Waals surface area contributed by atoms with Crippen LogP contribution in [0.1, 0.15) is 17.3 Å². The molecule has 3 rings (SSSR count). The van der Waals surface area contributed by atoms with E-state index >= 15 is 0 Å². The van der Waals surface area contributed by atoms with E-state index in [1.807, 2.05) is 42.1 Å². The predicted molar refractivity (Wildman–Crippen MR) is 68.4 cm³/mol. The molecule has 0 aromatic carbocycles. The lowest BCUT2D eigenvalue weighted by molar-refractivity contribution is 0.364. The Kier molecular flexibility index (Phi) is 2.71. The highest BCUT2D eigenvalue weighted by atomic mass is 32.1. The number of thiophene rings is 1. The van der Waals surface area contributed by atoms with E-state index in [1.165, 1.54) is 0 Å². The molecule has 0 atom stereocenters. The van der Waals surface area contributed by atoms with Crippen LogP contribution in [0.15, 0.2) is 28.1 Å². The molecule has 0 fully saturated rings. The molecule has 0 aliphatic carbocycles. The highest BCUT2D eigenvalue weighted by Crippen LogP contribution is 2.21. The maximum absolute atomic E-state index is 5.24. The third kappa shape index (κ3) is 2.06. The van der Waals surface area contributed by atoms with Crippen LogP contribution in [-0.2, 0) is 6.54 Å². The van der Waals surface area contributed by atoms with Crippen LogP contribution < -0.4 is 0 Å². The second kappa shape index (κ2) is 4.38. The van der Waals surface area contributed by atoms with Gasteiger partial charge in [-0.2, -0.15) is 10.1 Å². The van der Waals surface area contributed by atoms with E-state index in [0.29, 0.717) is 18.3 Å². The van der Waals surface area contributed by atoms with Gasteiger partial charge in [-0.1, -0.05) is 11.2 Å². The van der Waals surface area contributed by atoms with Crippen LogP contribution in [0, 0.1) is 13.8 Å². The Balaban J connectivity index is 1.84. The van der Waals surface area contributed by atoms with E-state index < -0.39 is 0 Å². The average Bonchev–Trinajstić information content (AvgIpc) is 3.02. The van der Waals surface area contributed by atoms with Crippen molar-refractivity contribution in [3.05, 3.63) is 40.9 Å². The zero-order valence-electron chi connectivity index (χ0n) is 10.1. The van der Waals surface area contributed by atoms with Crippen molar-refractivity contribution in [2.45, 2.75) is 20.4 Å². The van der Waals surface area contributed by atoms with Crippen LogP contribution in [0.2, 0.25) is 0 Å².